The van der Waals surface area contributed by atoms with Gasteiger partial charge in [-0.15, -0.1) is 0 Å². The molecule has 0 saturated heterocycles. The molecular weight excluding hydrogens is 508 g/mol. The van der Waals surface area contributed by atoms with Crippen molar-refractivity contribution in [1.82, 2.24) is 0 Å². The van der Waals surface area contributed by atoms with Crippen molar-refractivity contribution in [3.8, 4) is 22.3 Å². The Morgan fingerprint density at radius 3 is 1.59 bits per heavy atom. The highest BCUT2D eigenvalue weighted by Crippen LogP contribution is 2.63. The third-order valence-corrected chi connectivity index (χ3v) is 8.61. The molecule has 6 aromatic rings. The standard InChI is InChI=1S/C38H25F2N/c39-26-12-9-24(10-13-26)21-25-11-19-32-30-5-1-3-7-34(30)38(36(32)22-25)35-8-4-2-6-31(35)33-20-18-29(23-37(33)38)41-28-16-14-27(40)15-17-28/h1-20,22-23,41H,21H2. The first-order valence-corrected chi connectivity index (χ1v) is 13.9. The Morgan fingerprint density at radius 1 is 0.439 bits per heavy atom. The normalized spacial score (nSPS) is 15.8. The molecule has 3 heteroatoms. The largest absolute Gasteiger partial charge is 0.356 e. The van der Waals surface area contributed by atoms with Crippen LogP contribution in [0.3, 0.4) is 0 Å². The van der Waals surface area contributed by atoms with Gasteiger partial charge in [0.15, 0.2) is 0 Å². The molecule has 0 aliphatic heterocycles. The predicted octanol–water partition coefficient (Wildman–Crippen LogP) is 9.64. The molecule has 0 saturated carbocycles. The van der Waals surface area contributed by atoms with Gasteiger partial charge in [-0.3, -0.25) is 0 Å². The third kappa shape index (κ3) is 3.59. The maximum absolute atomic E-state index is 13.6. The molecule has 1 atom stereocenters. The van der Waals surface area contributed by atoms with E-state index in [0.717, 1.165) is 23.4 Å². The van der Waals surface area contributed by atoms with Crippen LogP contribution in [0.4, 0.5) is 20.2 Å². The second-order valence-corrected chi connectivity index (χ2v) is 10.9. The molecule has 2 aliphatic rings. The molecule has 2 aliphatic carbocycles. The van der Waals surface area contributed by atoms with Crippen LogP contribution < -0.4 is 5.32 Å². The minimum atomic E-state index is -0.475. The summed E-state index contributed by atoms with van der Waals surface area (Å²) in [6.07, 6.45) is 0.723. The lowest BCUT2D eigenvalue weighted by atomic mass is 9.70. The van der Waals surface area contributed by atoms with Crippen LogP contribution >= 0.6 is 0 Å². The van der Waals surface area contributed by atoms with Crippen LogP contribution in [0.2, 0.25) is 0 Å². The number of nitrogens with one attached hydrogen (secondary N) is 1. The van der Waals surface area contributed by atoms with E-state index >= 15 is 0 Å². The van der Waals surface area contributed by atoms with Crippen LogP contribution in [0.1, 0.15) is 33.4 Å². The SMILES string of the molecule is Fc1ccc(Cc2ccc3c(c2)C2(c4ccccc4-3)c3ccccc3-c3ccc(Nc4ccc(F)cc4)cc32)cc1. The lowest BCUT2D eigenvalue weighted by molar-refractivity contribution is 0.627. The Hall–Kier alpha value is -5.02. The highest BCUT2D eigenvalue weighted by molar-refractivity contribution is 5.95. The number of anilines is 2. The summed E-state index contributed by atoms with van der Waals surface area (Å²) >= 11 is 0. The molecule has 196 valence electrons. The van der Waals surface area contributed by atoms with Crippen molar-refractivity contribution < 1.29 is 8.78 Å². The molecule has 1 spiro atoms. The van der Waals surface area contributed by atoms with E-state index in [1.54, 1.807) is 12.1 Å². The number of hydrogen-bond acceptors (Lipinski definition) is 1. The van der Waals surface area contributed by atoms with E-state index in [-0.39, 0.29) is 11.6 Å². The second kappa shape index (κ2) is 9.00. The minimum absolute atomic E-state index is 0.221. The fraction of sp³-hybridized carbons (Fsp3) is 0.0526. The van der Waals surface area contributed by atoms with Crippen molar-refractivity contribution in [2.24, 2.45) is 0 Å². The summed E-state index contributed by atoms with van der Waals surface area (Å²) in [6.45, 7) is 0. The maximum atomic E-state index is 13.6. The van der Waals surface area contributed by atoms with E-state index in [1.807, 2.05) is 12.1 Å². The van der Waals surface area contributed by atoms with Gasteiger partial charge in [-0.2, -0.15) is 0 Å². The molecule has 0 bridgehead atoms. The van der Waals surface area contributed by atoms with Crippen LogP contribution in [0.15, 0.2) is 133 Å². The van der Waals surface area contributed by atoms with E-state index in [4.69, 9.17) is 0 Å². The summed E-state index contributed by atoms with van der Waals surface area (Å²) in [6, 6.07) is 44.1. The van der Waals surface area contributed by atoms with Crippen molar-refractivity contribution in [2.75, 3.05) is 5.32 Å². The molecule has 0 fully saturated rings. The van der Waals surface area contributed by atoms with Crippen LogP contribution in [-0.4, -0.2) is 0 Å². The van der Waals surface area contributed by atoms with Crippen LogP contribution in [-0.2, 0) is 11.8 Å². The van der Waals surface area contributed by atoms with Crippen LogP contribution in [0.5, 0.6) is 0 Å². The molecular formula is C38H25F2N. The molecule has 1 N–H and O–H groups in total. The quantitative estimate of drug-likeness (QED) is 0.237. The lowest BCUT2D eigenvalue weighted by Crippen LogP contribution is -2.26. The topological polar surface area (TPSA) is 12.0 Å². The predicted molar refractivity (Wildman–Crippen MR) is 162 cm³/mol. The molecule has 8 rings (SSSR count). The Balaban J connectivity index is 1.35. The Kier molecular flexibility index (Phi) is 5.23. The van der Waals surface area contributed by atoms with Gasteiger partial charge in [0.2, 0.25) is 0 Å². The van der Waals surface area contributed by atoms with Crippen molar-refractivity contribution in [1.29, 1.82) is 0 Å². The first kappa shape index (κ1) is 23.8. The number of fused-ring (bicyclic) bond motifs is 10. The number of benzene rings is 6. The Morgan fingerprint density at radius 2 is 0.927 bits per heavy atom. The van der Waals surface area contributed by atoms with E-state index < -0.39 is 5.41 Å². The number of hydrogen-bond donors (Lipinski definition) is 1. The molecule has 0 aromatic heterocycles. The zero-order valence-electron chi connectivity index (χ0n) is 22.2. The fourth-order valence-electron chi connectivity index (χ4n) is 6.91. The second-order valence-electron chi connectivity index (χ2n) is 10.9. The van der Waals surface area contributed by atoms with Gasteiger partial charge in [0.1, 0.15) is 11.6 Å². The highest BCUT2D eigenvalue weighted by atomic mass is 19.1. The smallest absolute Gasteiger partial charge is 0.123 e. The van der Waals surface area contributed by atoms with Gasteiger partial charge in [-0.25, -0.2) is 8.78 Å². The average Bonchev–Trinajstić information content (AvgIpc) is 3.46. The number of rotatable bonds is 4. The molecule has 0 radical (unpaired) electrons. The lowest BCUT2D eigenvalue weighted by Gasteiger charge is -2.31. The van der Waals surface area contributed by atoms with Gasteiger partial charge in [-0.1, -0.05) is 84.9 Å². The summed E-state index contributed by atoms with van der Waals surface area (Å²) in [7, 11) is 0. The molecule has 0 amide bonds. The van der Waals surface area contributed by atoms with Crippen molar-refractivity contribution in [3.63, 3.8) is 0 Å². The van der Waals surface area contributed by atoms with Crippen LogP contribution in [0.25, 0.3) is 22.3 Å². The van der Waals surface area contributed by atoms with Crippen molar-refractivity contribution in [2.45, 2.75) is 11.8 Å². The molecule has 0 heterocycles. The summed E-state index contributed by atoms with van der Waals surface area (Å²) in [5.41, 5.74) is 13.6. The monoisotopic (exact) mass is 533 g/mol. The van der Waals surface area contributed by atoms with Crippen LogP contribution in [0, 0.1) is 11.6 Å². The van der Waals surface area contributed by atoms with E-state index in [1.165, 1.54) is 74.3 Å². The Bertz CT molecular complexity index is 1810. The van der Waals surface area contributed by atoms with Crippen molar-refractivity contribution in [3.05, 3.63) is 178 Å². The van der Waals surface area contributed by atoms with Gasteiger partial charge in [0.25, 0.3) is 0 Å². The number of halogens is 2. The molecule has 1 unspecified atom stereocenters. The molecule has 6 aromatic carbocycles. The fourth-order valence-corrected chi connectivity index (χ4v) is 6.91. The summed E-state index contributed by atoms with van der Waals surface area (Å²) in [4.78, 5) is 0. The summed E-state index contributed by atoms with van der Waals surface area (Å²) in [5, 5.41) is 3.49. The van der Waals surface area contributed by atoms with E-state index in [2.05, 4.69) is 90.2 Å². The highest BCUT2D eigenvalue weighted by Gasteiger charge is 2.51. The zero-order valence-corrected chi connectivity index (χ0v) is 22.2. The average molecular weight is 534 g/mol. The molecule has 1 nitrogen and oxygen atoms in total. The first-order valence-electron chi connectivity index (χ1n) is 13.9. The Labute approximate surface area is 237 Å². The van der Waals surface area contributed by atoms with Gasteiger partial charge < -0.3 is 5.32 Å². The maximum Gasteiger partial charge on any atom is 0.123 e. The van der Waals surface area contributed by atoms with Gasteiger partial charge in [0, 0.05) is 11.4 Å². The van der Waals surface area contributed by atoms with Gasteiger partial charge in [-0.05, 0) is 111 Å². The minimum Gasteiger partial charge on any atom is -0.356 e. The van der Waals surface area contributed by atoms with E-state index in [0.29, 0.717) is 0 Å². The van der Waals surface area contributed by atoms with E-state index in [9.17, 15) is 8.78 Å². The van der Waals surface area contributed by atoms with Gasteiger partial charge in [0.05, 0.1) is 5.41 Å². The summed E-state index contributed by atoms with van der Waals surface area (Å²) < 4.78 is 27.2. The summed E-state index contributed by atoms with van der Waals surface area (Å²) in [5.74, 6) is -0.476. The molecule has 41 heavy (non-hydrogen) atoms. The third-order valence-electron chi connectivity index (χ3n) is 8.61. The van der Waals surface area contributed by atoms with Gasteiger partial charge >= 0.3 is 0 Å². The first-order chi connectivity index (χ1) is 20.1. The van der Waals surface area contributed by atoms with Crippen molar-refractivity contribution >= 4 is 11.4 Å². The zero-order chi connectivity index (χ0) is 27.6.